The number of carbonyl (C=O) groups excluding carboxylic acids is 2. The molecule has 0 aliphatic rings. The van der Waals surface area contributed by atoms with E-state index in [4.69, 9.17) is 21.1 Å². The van der Waals surface area contributed by atoms with E-state index in [0.717, 1.165) is 5.56 Å². The maximum absolute atomic E-state index is 12.6. The van der Waals surface area contributed by atoms with Crippen molar-refractivity contribution in [3.8, 4) is 5.75 Å². The van der Waals surface area contributed by atoms with Crippen molar-refractivity contribution >= 4 is 23.5 Å². The Labute approximate surface area is 180 Å². The van der Waals surface area contributed by atoms with Crippen LogP contribution in [0.2, 0.25) is 5.02 Å². The number of hydrogen-bond donors (Lipinski definition) is 1. The van der Waals surface area contributed by atoms with E-state index in [1.54, 1.807) is 36.4 Å². The Morgan fingerprint density at radius 3 is 2.17 bits per heavy atom. The molecule has 1 unspecified atom stereocenters. The Bertz CT molecular complexity index is 963. The van der Waals surface area contributed by atoms with Gasteiger partial charge < -0.3 is 14.8 Å². The highest BCUT2D eigenvalue weighted by Crippen LogP contribution is 2.23. The molecule has 0 aliphatic heterocycles. The van der Waals surface area contributed by atoms with Crippen LogP contribution in [0.5, 0.6) is 5.75 Å². The normalized spacial score (nSPS) is 11.4. The zero-order chi connectivity index (χ0) is 21.2. The first-order valence-electron chi connectivity index (χ1n) is 9.57. The molecule has 6 heteroatoms. The molecule has 0 radical (unpaired) electrons. The highest BCUT2D eigenvalue weighted by atomic mass is 35.5. The molecule has 0 aromatic heterocycles. The first-order valence-corrected chi connectivity index (χ1v) is 9.95. The van der Waals surface area contributed by atoms with Gasteiger partial charge in [0.1, 0.15) is 19.0 Å². The molecular weight excluding hydrogens is 402 g/mol. The van der Waals surface area contributed by atoms with Crippen LogP contribution in [-0.4, -0.2) is 25.1 Å². The summed E-state index contributed by atoms with van der Waals surface area (Å²) < 4.78 is 10.8. The fourth-order valence-electron chi connectivity index (χ4n) is 2.86. The van der Waals surface area contributed by atoms with Crippen molar-refractivity contribution < 1.29 is 19.1 Å². The molecule has 5 nitrogen and oxygen atoms in total. The second-order valence-electron chi connectivity index (χ2n) is 6.51. The van der Waals surface area contributed by atoms with Crippen LogP contribution < -0.4 is 10.1 Å². The van der Waals surface area contributed by atoms with Gasteiger partial charge in [-0.1, -0.05) is 72.3 Å². The molecule has 1 N–H and O–H groups in total. The van der Waals surface area contributed by atoms with Gasteiger partial charge in [-0.15, -0.1) is 0 Å². The minimum Gasteiger partial charge on any atom is -0.488 e. The van der Waals surface area contributed by atoms with Gasteiger partial charge >= 0.3 is 5.97 Å². The summed E-state index contributed by atoms with van der Waals surface area (Å²) in [5.74, 6) is -0.146. The lowest BCUT2D eigenvalue weighted by atomic mass is 10.0. The summed E-state index contributed by atoms with van der Waals surface area (Å²) in [7, 11) is 0. The third kappa shape index (κ3) is 6.36. The van der Waals surface area contributed by atoms with E-state index in [1.807, 2.05) is 48.5 Å². The molecule has 0 saturated heterocycles. The summed E-state index contributed by atoms with van der Waals surface area (Å²) in [6.07, 6.45) is 0.00861. The molecule has 154 valence electrons. The highest BCUT2D eigenvalue weighted by Gasteiger charge is 2.20. The molecule has 1 atom stereocenters. The molecule has 30 heavy (non-hydrogen) atoms. The van der Waals surface area contributed by atoms with Gasteiger partial charge in [0.05, 0.1) is 17.5 Å². The molecule has 0 fully saturated rings. The summed E-state index contributed by atoms with van der Waals surface area (Å²) in [6, 6.07) is 24.8. The van der Waals surface area contributed by atoms with Crippen LogP contribution in [0.3, 0.4) is 0 Å². The number of esters is 1. The molecule has 0 saturated carbocycles. The van der Waals surface area contributed by atoms with Gasteiger partial charge in [-0.3, -0.25) is 9.59 Å². The largest absolute Gasteiger partial charge is 0.488 e. The fraction of sp³-hybridized carbons (Fsp3) is 0.167. The van der Waals surface area contributed by atoms with Gasteiger partial charge in [-0.25, -0.2) is 0 Å². The first kappa shape index (κ1) is 21.4. The minimum absolute atomic E-state index is 0.00861. The first-order chi connectivity index (χ1) is 14.6. The number of benzene rings is 3. The third-order valence-electron chi connectivity index (χ3n) is 4.35. The van der Waals surface area contributed by atoms with E-state index in [2.05, 4.69) is 5.32 Å². The molecule has 0 aliphatic carbocycles. The van der Waals surface area contributed by atoms with Crippen LogP contribution in [0, 0.1) is 0 Å². The van der Waals surface area contributed by atoms with Crippen LogP contribution in [0.25, 0.3) is 0 Å². The quantitative estimate of drug-likeness (QED) is 0.395. The van der Waals surface area contributed by atoms with E-state index in [9.17, 15) is 9.59 Å². The Morgan fingerprint density at radius 1 is 0.833 bits per heavy atom. The molecular formula is C24H22ClNO4. The highest BCUT2D eigenvalue weighted by molar-refractivity contribution is 6.32. The summed E-state index contributed by atoms with van der Waals surface area (Å²) in [5, 5.41) is 3.41. The Hall–Kier alpha value is -3.31. The summed E-state index contributed by atoms with van der Waals surface area (Å²) in [5.41, 5.74) is 1.35. The Morgan fingerprint density at radius 2 is 1.47 bits per heavy atom. The predicted molar refractivity (Wildman–Crippen MR) is 116 cm³/mol. The number of rotatable bonds is 9. The van der Waals surface area contributed by atoms with Crippen LogP contribution >= 0.6 is 11.6 Å². The lowest BCUT2D eigenvalue weighted by Gasteiger charge is -2.19. The van der Waals surface area contributed by atoms with Crippen molar-refractivity contribution in [2.75, 3.05) is 13.2 Å². The van der Waals surface area contributed by atoms with Crippen molar-refractivity contribution in [2.24, 2.45) is 0 Å². The molecule has 0 heterocycles. The number of ether oxygens (including phenoxy) is 2. The van der Waals surface area contributed by atoms with Crippen LogP contribution in [0.1, 0.15) is 28.4 Å². The number of para-hydroxylation sites is 1. The van der Waals surface area contributed by atoms with Crippen molar-refractivity contribution in [3.63, 3.8) is 0 Å². The van der Waals surface area contributed by atoms with E-state index < -0.39 is 12.0 Å². The smallest absolute Gasteiger partial charge is 0.308 e. The fourth-order valence-corrected chi connectivity index (χ4v) is 3.05. The molecule has 0 bridgehead atoms. The van der Waals surface area contributed by atoms with Crippen LogP contribution in [0.15, 0.2) is 84.9 Å². The molecule has 1 amide bonds. The van der Waals surface area contributed by atoms with Crippen molar-refractivity contribution in [1.29, 1.82) is 0 Å². The zero-order valence-corrected chi connectivity index (χ0v) is 17.0. The van der Waals surface area contributed by atoms with Gasteiger partial charge in [-0.2, -0.15) is 0 Å². The van der Waals surface area contributed by atoms with Gasteiger partial charge in [-0.05, 0) is 29.8 Å². The zero-order valence-electron chi connectivity index (χ0n) is 16.3. The topological polar surface area (TPSA) is 64.6 Å². The predicted octanol–water partition coefficient (Wildman–Crippen LogP) is 4.82. The lowest BCUT2D eigenvalue weighted by molar-refractivity contribution is -0.144. The van der Waals surface area contributed by atoms with Gasteiger partial charge in [0.25, 0.3) is 5.91 Å². The van der Waals surface area contributed by atoms with Crippen LogP contribution in [-0.2, 0) is 9.53 Å². The Kier molecular flexibility index (Phi) is 7.86. The standard InChI is InChI=1S/C24H22ClNO4/c25-20-13-7-8-14-22(20)29-15-16-30-23(27)17-21(18-9-3-1-4-10-18)26-24(28)19-11-5-2-6-12-19/h1-14,21H,15-17H2,(H,26,28). The van der Waals surface area contributed by atoms with Gasteiger partial charge in [0.15, 0.2) is 0 Å². The van der Waals surface area contributed by atoms with Crippen molar-refractivity contribution in [2.45, 2.75) is 12.5 Å². The summed E-state index contributed by atoms with van der Waals surface area (Å²) in [6.45, 7) is 0.264. The Balaban J connectivity index is 1.55. The molecule has 3 aromatic rings. The summed E-state index contributed by atoms with van der Waals surface area (Å²) in [4.78, 5) is 24.9. The minimum atomic E-state index is -0.504. The van der Waals surface area contributed by atoms with Gasteiger partial charge in [0, 0.05) is 5.56 Å². The lowest BCUT2D eigenvalue weighted by Crippen LogP contribution is -2.30. The number of nitrogens with one attached hydrogen (secondary N) is 1. The number of amides is 1. The number of hydrogen-bond acceptors (Lipinski definition) is 4. The summed E-state index contributed by atoms with van der Waals surface area (Å²) >= 11 is 6.03. The van der Waals surface area contributed by atoms with Crippen LogP contribution in [0.4, 0.5) is 0 Å². The average molecular weight is 424 g/mol. The maximum Gasteiger partial charge on any atom is 0.308 e. The van der Waals surface area contributed by atoms with E-state index in [0.29, 0.717) is 16.3 Å². The second-order valence-corrected chi connectivity index (χ2v) is 6.91. The van der Waals surface area contributed by atoms with Crippen molar-refractivity contribution in [1.82, 2.24) is 5.32 Å². The maximum atomic E-state index is 12.6. The van der Waals surface area contributed by atoms with E-state index in [-0.39, 0.29) is 25.5 Å². The van der Waals surface area contributed by atoms with E-state index >= 15 is 0 Å². The number of halogens is 1. The monoisotopic (exact) mass is 423 g/mol. The van der Waals surface area contributed by atoms with Crippen molar-refractivity contribution in [3.05, 3.63) is 101 Å². The molecule has 0 spiro atoms. The number of carbonyl (C=O) groups is 2. The molecule has 3 rings (SSSR count). The molecule has 3 aromatic carbocycles. The third-order valence-corrected chi connectivity index (χ3v) is 4.67. The average Bonchev–Trinajstić information content (AvgIpc) is 2.78. The van der Waals surface area contributed by atoms with Gasteiger partial charge in [0.2, 0.25) is 0 Å². The second kappa shape index (κ2) is 11.0. The van der Waals surface area contributed by atoms with E-state index in [1.165, 1.54) is 0 Å². The SMILES string of the molecule is O=C(CC(NC(=O)c1ccccc1)c1ccccc1)OCCOc1ccccc1Cl.